The molecule has 4 nitrogen and oxygen atoms in total. The molecule has 4 aliphatic heterocycles. The van der Waals surface area contributed by atoms with Crippen molar-refractivity contribution in [2.45, 2.75) is 196 Å². The topological polar surface area (TPSA) is 40.6 Å². The minimum atomic E-state index is 0.148. The number of nitrogens with zero attached hydrogens (tertiary/aromatic N) is 2. The first-order valence-electron chi connectivity index (χ1n) is 18.7. The van der Waals surface area contributed by atoms with E-state index >= 15 is 0 Å². The third-order valence-corrected chi connectivity index (χ3v) is 13.5. The Morgan fingerprint density at radius 2 is 1.28 bits per heavy atom. The van der Waals surface area contributed by atoms with E-state index in [2.05, 4.69) is 23.6 Å². The molecule has 8 atom stereocenters. The average Bonchev–Trinajstić information content (AvgIpc) is 3.55. The van der Waals surface area contributed by atoms with E-state index in [1.54, 1.807) is 0 Å². The molecule has 6 heteroatoms. The molecule has 0 aromatic heterocycles. The Morgan fingerprint density at radius 1 is 0.698 bits per heavy atom. The van der Waals surface area contributed by atoms with E-state index in [4.69, 9.17) is 23.2 Å². The summed E-state index contributed by atoms with van der Waals surface area (Å²) in [6.45, 7) is 5.53. The number of unbranched alkanes of at least 4 members (excludes halogenated alkanes) is 6. The van der Waals surface area contributed by atoms with Gasteiger partial charge in [0.05, 0.1) is 0 Å². The summed E-state index contributed by atoms with van der Waals surface area (Å²) in [4.78, 5) is 31.0. The molecular weight excluding hydrogens is 575 g/mol. The molecule has 0 aromatic carbocycles. The average molecular weight is 638 g/mol. The molecular formula is C37H62Cl2N2O2. The van der Waals surface area contributed by atoms with Gasteiger partial charge in [0, 0.05) is 71.7 Å². The first-order valence-corrected chi connectivity index (χ1v) is 19.7. The Hall–Kier alpha value is -0.160. The van der Waals surface area contributed by atoms with Gasteiger partial charge in [-0.05, 0) is 57.8 Å². The van der Waals surface area contributed by atoms with Crippen molar-refractivity contribution in [3.05, 3.63) is 0 Å². The Morgan fingerprint density at radius 3 is 1.91 bits per heavy atom. The van der Waals surface area contributed by atoms with E-state index in [-0.39, 0.29) is 16.5 Å². The summed E-state index contributed by atoms with van der Waals surface area (Å²) in [5.74, 6) is 2.49. The Bertz CT molecular complexity index is 930. The van der Waals surface area contributed by atoms with Crippen molar-refractivity contribution >= 4 is 34.8 Å². The highest BCUT2D eigenvalue weighted by Crippen LogP contribution is 2.54. The Labute approximate surface area is 273 Å². The minimum absolute atomic E-state index is 0.148. The van der Waals surface area contributed by atoms with Gasteiger partial charge in [-0.1, -0.05) is 90.9 Å². The van der Waals surface area contributed by atoms with Crippen LogP contribution in [0.4, 0.5) is 0 Å². The van der Waals surface area contributed by atoms with E-state index in [9.17, 15) is 9.59 Å². The van der Waals surface area contributed by atoms with E-state index in [1.807, 2.05) is 0 Å². The monoisotopic (exact) mass is 636 g/mol. The molecule has 6 fully saturated rings. The van der Waals surface area contributed by atoms with Crippen LogP contribution >= 0.6 is 23.2 Å². The Kier molecular flexibility index (Phi) is 12.4. The van der Waals surface area contributed by atoms with Crippen molar-refractivity contribution in [3.8, 4) is 0 Å². The zero-order chi connectivity index (χ0) is 30.5. The fourth-order valence-electron chi connectivity index (χ4n) is 11.0. The van der Waals surface area contributed by atoms with Crippen molar-refractivity contribution in [2.75, 3.05) is 12.4 Å². The van der Waals surface area contributed by atoms with Crippen LogP contribution in [0.25, 0.3) is 0 Å². The number of carbonyl (C=O) groups excluding carboxylic acids is 2. The normalized spacial score (nSPS) is 39.4. The molecule has 0 amide bonds. The highest BCUT2D eigenvalue weighted by atomic mass is 35.5. The second kappa shape index (κ2) is 15.6. The van der Waals surface area contributed by atoms with Crippen LogP contribution in [0.15, 0.2) is 0 Å². The standard InChI is InChI=1S/C19H32ClNO.C18H30ClNO/c1-2-3-4-5-8-15-13-18(22)17-9-6-7-11-19(17)12-10-16(14-20)21(15)19;1-2-3-4-5-8-15-11-17(21)16-9-6-7-10-18(16)12-14(19)13-20(15)18/h15-17H,2-14H2,1H3;14-16H,2-13H2,1H3/t15-,16+,17?,19+;14-,15-,16?,18+/m00/s1. The molecule has 43 heavy (non-hydrogen) atoms. The molecule has 4 saturated heterocycles. The van der Waals surface area contributed by atoms with Gasteiger partial charge in [0.2, 0.25) is 0 Å². The summed E-state index contributed by atoms with van der Waals surface area (Å²) in [6.07, 6.45) is 27.6. The fraction of sp³-hybridized carbons (Fsp3) is 0.946. The van der Waals surface area contributed by atoms with Crippen LogP contribution in [0.1, 0.15) is 162 Å². The van der Waals surface area contributed by atoms with Crippen molar-refractivity contribution in [3.63, 3.8) is 0 Å². The number of carbonyl (C=O) groups is 2. The summed E-state index contributed by atoms with van der Waals surface area (Å²) < 4.78 is 0. The highest BCUT2D eigenvalue weighted by Gasteiger charge is 2.59. The lowest BCUT2D eigenvalue weighted by Gasteiger charge is -2.55. The fourth-order valence-corrected chi connectivity index (χ4v) is 11.7. The lowest BCUT2D eigenvalue weighted by molar-refractivity contribution is -0.142. The van der Waals surface area contributed by atoms with Crippen LogP contribution < -0.4 is 0 Å². The van der Waals surface area contributed by atoms with Crippen molar-refractivity contribution < 1.29 is 9.59 Å². The molecule has 6 rings (SSSR count). The maximum absolute atomic E-state index is 12.8. The first kappa shape index (κ1) is 34.2. The molecule has 2 aliphatic carbocycles. The lowest BCUT2D eigenvalue weighted by atomic mass is 9.65. The molecule has 2 unspecified atom stereocenters. The molecule has 0 aromatic rings. The van der Waals surface area contributed by atoms with Crippen LogP contribution in [0, 0.1) is 11.8 Å². The van der Waals surface area contributed by atoms with Crippen molar-refractivity contribution in [1.29, 1.82) is 0 Å². The number of Topliss-reactive ketones (excluding diaryl/α,β-unsaturated/α-hetero) is 2. The number of rotatable bonds is 11. The number of hydrogen-bond acceptors (Lipinski definition) is 4. The zero-order valence-corrected chi connectivity index (χ0v) is 29.1. The first-order chi connectivity index (χ1) is 20.9. The molecule has 0 radical (unpaired) electrons. The maximum atomic E-state index is 12.8. The summed E-state index contributed by atoms with van der Waals surface area (Å²) >= 11 is 12.9. The largest absolute Gasteiger partial charge is 0.299 e. The predicted octanol–water partition coefficient (Wildman–Crippen LogP) is 9.47. The lowest BCUT2D eigenvalue weighted by Crippen LogP contribution is -2.64. The second-order valence-corrected chi connectivity index (χ2v) is 16.3. The molecule has 0 bridgehead atoms. The van der Waals surface area contributed by atoms with E-state index in [1.165, 1.54) is 116 Å². The van der Waals surface area contributed by atoms with Gasteiger partial charge < -0.3 is 0 Å². The van der Waals surface area contributed by atoms with Crippen LogP contribution in [0.3, 0.4) is 0 Å². The van der Waals surface area contributed by atoms with Crippen LogP contribution in [0.5, 0.6) is 0 Å². The van der Waals surface area contributed by atoms with E-state index in [0.717, 1.165) is 44.5 Å². The summed E-state index contributed by atoms with van der Waals surface area (Å²) in [5.41, 5.74) is 0.345. The van der Waals surface area contributed by atoms with Crippen LogP contribution in [0.2, 0.25) is 0 Å². The molecule has 6 aliphatic rings. The Balaban J connectivity index is 0.000000171. The third-order valence-electron chi connectivity index (χ3n) is 12.8. The highest BCUT2D eigenvalue weighted by molar-refractivity contribution is 6.21. The third kappa shape index (κ3) is 7.08. The molecule has 2 saturated carbocycles. The number of halogens is 2. The SMILES string of the molecule is CCCCCC[C@H]1CC(=O)C2CCCC[C@@]23CC[C@H](CCl)N13.CCCCCC[C@H]1CC(=O)C2CCCC[C@@]23C[C@H](Cl)CN13. The maximum Gasteiger partial charge on any atom is 0.139 e. The van der Waals surface area contributed by atoms with Gasteiger partial charge in [-0.25, -0.2) is 0 Å². The van der Waals surface area contributed by atoms with E-state index in [0.29, 0.717) is 41.5 Å². The zero-order valence-electron chi connectivity index (χ0n) is 27.6. The van der Waals surface area contributed by atoms with Gasteiger partial charge >= 0.3 is 0 Å². The predicted molar refractivity (Wildman–Crippen MR) is 180 cm³/mol. The van der Waals surface area contributed by atoms with E-state index < -0.39 is 0 Å². The van der Waals surface area contributed by atoms with Gasteiger partial charge in [-0.3, -0.25) is 19.4 Å². The van der Waals surface area contributed by atoms with Gasteiger partial charge in [-0.15, -0.1) is 23.2 Å². The van der Waals surface area contributed by atoms with Gasteiger partial charge in [-0.2, -0.15) is 0 Å². The smallest absolute Gasteiger partial charge is 0.139 e. The number of piperidine rings is 2. The quantitative estimate of drug-likeness (QED) is 0.167. The summed E-state index contributed by atoms with van der Waals surface area (Å²) in [5, 5.41) is 0.259. The molecule has 2 spiro atoms. The van der Waals surface area contributed by atoms with Gasteiger partial charge in [0.1, 0.15) is 11.6 Å². The van der Waals surface area contributed by atoms with Gasteiger partial charge in [0.25, 0.3) is 0 Å². The molecule has 4 heterocycles. The minimum Gasteiger partial charge on any atom is -0.299 e. The van der Waals surface area contributed by atoms with Crippen molar-refractivity contribution in [2.24, 2.45) is 11.8 Å². The number of alkyl halides is 2. The van der Waals surface area contributed by atoms with Crippen LogP contribution in [-0.4, -0.2) is 68.4 Å². The van der Waals surface area contributed by atoms with Gasteiger partial charge in [0.15, 0.2) is 0 Å². The van der Waals surface area contributed by atoms with Crippen LogP contribution in [-0.2, 0) is 9.59 Å². The summed E-state index contributed by atoms with van der Waals surface area (Å²) in [6, 6.07) is 1.48. The number of hydrogen-bond donors (Lipinski definition) is 0. The molecule has 0 N–H and O–H groups in total. The number of ketones is 2. The summed E-state index contributed by atoms with van der Waals surface area (Å²) in [7, 11) is 0. The van der Waals surface area contributed by atoms with Crippen molar-refractivity contribution in [1.82, 2.24) is 9.80 Å². The molecule has 246 valence electrons. The second-order valence-electron chi connectivity index (χ2n) is 15.4.